The molecule has 0 fully saturated rings. The normalized spacial score (nSPS) is 13.2. The van der Waals surface area contributed by atoms with Crippen molar-refractivity contribution in [2.75, 3.05) is 11.5 Å². The summed E-state index contributed by atoms with van der Waals surface area (Å²) in [6.07, 6.45) is 0. The number of rotatable bonds is 4. The fraction of sp³-hybridized carbons (Fsp3) is 0.750. The van der Waals surface area contributed by atoms with E-state index in [0.29, 0.717) is 11.3 Å². The Morgan fingerprint density at radius 3 is 2.69 bits per heavy atom. The van der Waals surface area contributed by atoms with Crippen LogP contribution in [0.4, 0.5) is 0 Å². The van der Waals surface area contributed by atoms with E-state index in [1.807, 2.05) is 23.3 Å². The maximum atomic E-state index is 5.90. The first kappa shape index (κ1) is 10.9. The minimum atomic E-state index is 0.368. The van der Waals surface area contributed by atoms with Gasteiger partial charge in [0.25, 0.3) is 0 Å². The topological polar surface area (TPSA) is 30.7 Å². The van der Waals surface area contributed by atoms with E-state index < -0.39 is 0 Å². The summed E-state index contributed by atoms with van der Waals surface area (Å²) in [7, 11) is 0. The van der Waals surface area contributed by atoms with Gasteiger partial charge in [-0.05, 0) is 31.2 Å². The van der Waals surface area contributed by atoms with Crippen LogP contribution in [0.5, 0.6) is 0 Å². The third kappa shape index (κ3) is 2.61. The molecule has 0 saturated heterocycles. The number of aryl methyl sites for hydroxylation is 1. The molecule has 5 heteroatoms. The van der Waals surface area contributed by atoms with Crippen molar-refractivity contribution in [1.82, 2.24) is 14.8 Å². The molecule has 13 heavy (non-hydrogen) atoms. The van der Waals surface area contributed by atoms with E-state index >= 15 is 0 Å². The number of halogens is 1. The predicted octanol–water partition coefficient (Wildman–Crippen LogP) is 2.55. The van der Waals surface area contributed by atoms with E-state index in [9.17, 15) is 0 Å². The van der Waals surface area contributed by atoms with Gasteiger partial charge in [-0.25, -0.2) is 0 Å². The van der Waals surface area contributed by atoms with Crippen LogP contribution in [0.25, 0.3) is 0 Å². The Kier molecular flexibility index (Phi) is 4.06. The van der Waals surface area contributed by atoms with Crippen molar-refractivity contribution in [2.45, 2.75) is 26.8 Å². The maximum Gasteiger partial charge on any atom is 0.225 e. The highest BCUT2D eigenvalue weighted by molar-refractivity contribution is 7.99. The lowest BCUT2D eigenvalue weighted by molar-refractivity contribution is 0.591. The number of nitrogens with zero attached hydrogens (tertiary/aromatic N) is 3. The summed E-state index contributed by atoms with van der Waals surface area (Å²) in [5, 5.41) is 8.22. The van der Waals surface area contributed by atoms with E-state index in [0.717, 1.165) is 17.3 Å². The predicted molar refractivity (Wildman–Crippen MR) is 57.5 cm³/mol. The van der Waals surface area contributed by atoms with Crippen LogP contribution in [-0.4, -0.2) is 26.3 Å². The first-order valence-corrected chi connectivity index (χ1v) is 5.84. The van der Waals surface area contributed by atoms with Crippen LogP contribution in [-0.2, 0) is 0 Å². The van der Waals surface area contributed by atoms with Crippen molar-refractivity contribution in [1.29, 1.82) is 0 Å². The van der Waals surface area contributed by atoms with E-state index in [-0.39, 0.29) is 0 Å². The zero-order valence-corrected chi connectivity index (χ0v) is 9.69. The van der Waals surface area contributed by atoms with Gasteiger partial charge in [-0.1, -0.05) is 6.92 Å². The summed E-state index contributed by atoms with van der Waals surface area (Å²) >= 11 is 7.80. The molecule has 74 valence electrons. The Bertz CT molecular complexity index is 255. The minimum Gasteiger partial charge on any atom is -0.298 e. The van der Waals surface area contributed by atoms with E-state index in [1.165, 1.54) is 0 Å². The Morgan fingerprint density at radius 2 is 2.23 bits per heavy atom. The van der Waals surface area contributed by atoms with Gasteiger partial charge in [0.15, 0.2) is 0 Å². The molecule has 0 aliphatic carbocycles. The lowest BCUT2D eigenvalue weighted by Gasteiger charge is -2.13. The molecular formula is C8H14ClN3S. The molecule has 0 spiro atoms. The second-order valence-electron chi connectivity index (χ2n) is 2.89. The molecule has 1 rings (SSSR count). The molecule has 1 atom stereocenters. The average Bonchev–Trinajstić information content (AvgIpc) is 2.42. The lowest BCUT2D eigenvalue weighted by atomic mass is 10.4. The molecule has 3 nitrogen and oxygen atoms in total. The van der Waals surface area contributed by atoms with Gasteiger partial charge in [0.2, 0.25) is 5.28 Å². The monoisotopic (exact) mass is 219 g/mol. The molecule has 0 bridgehead atoms. The van der Waals surface area contributed by atoms with Gasteiger partial charge in [0, 0.05) is 11.8 Å². The maximum absolute atomic E-state index is 5.90. The fourth-order valence-electron chi connectivity index (χ4n) is 1.21. The van der Waals surface area contributed by atoms with Crippen LogP contribution in [0.1, 0.15) is 25.7 Å². The smallest absolute Gasteiger partial charge is 0.225 e. The molecule has 1 heterocycles. The number of hydrogen-bond donors (Lipinski definition) is 0. The number of hydrogen-bond acceptors (Lipinski definition) is 3. The molecule has 0 aliphatic rings. The van der Waals surface area contributed by atoms with Crippen LogP contribution in [0.2, 0.25) is 5.28 Å². The minimum absolute atomic E-state index is 0.368. The van der Waals surface area contributed by atoms with Gasteiger partial charge in [0.1, 0.15) is 5.82 Å². The molecular weight excluding hydrogens is 206 g/mol. The Labute approximate surface area is 87.9 Å². The van der Waals surface area contributed by atoms with Gasteiger partial charge >= 0.3 is 0 Å². The third-order valence-electron chi connectivity index (χ3n) is 1.83. The molecule has 0 radical (unpaired) electrons. The Morgan fingerprint density at radius 1 is 1.54 bits per heavy atom. The van der Waals surface area contributed by atoms with E-state index in [4.69, 9.17) is 11.6 Å². The van der Waals surface area contributed by atoms with Crippen molar-refractivity contribution in [3.8, 4) is 0 Å². The summed E-state index contributed by atoms with van der Waals surface area (Å²) in [5.41, 5.74) is 0. The van der Waals surface area contributed by atoms with Gasteiger partial charge in [0.05, 0.1) is 0 Å². The molecule has 1 aromatic rings. The third-order valence-corrected chi connectivity index (χ3v) is 3.21. The molecule has 1 aromatic heterocycles. The van der Waals surface area contributed by atoms with Crippen molar-refractivity contribution >= 4 is 23.4 Å². The van der Waals surface area contributed by atoms with Crippen LogP contribution in [0, 0.1) is 6.92 Å². The molecule has 0 amide bonds. The molecule has 0 aromatic carbocycles. The quantitative estimate of drug-likeness (QED) is 0.780. The second kappa shape index (κ2) is 4.86. The zero-order chi connectivity index (χ0) is 9.84. The highest BCUT2D eigenvalue weighted by Crippen LogP contribution is 2.19. The second-order valence-corrected chi connectivity index (χ2v) is 4.55. The molecule has 1 unspecified atom stereocenters. The standard InChI is InChI=1S/C8H14ClN3S/c1-4-13-5-6(2)12-7(3)10-11-8(12)9/h6H,4-5H2,1-3H3. The highest BCUT2D eigenvalue weighted by atomic mass is 35.5. The summed E-state index contributed by atoms with van der Waals surface area (Å²) in [6.45, 7) is 6.20. The highest BCUT2D eigenvalue weighted by Gasteiger charge is 2.12. The molecule has 0 saturated carbocycles. The van der Waals surface area contributed by atoms with Crippen molar-refractivity contribution in [2.24, 2.45) is 0 Å². The van der Waals surface area contributed by atoms with Gasteiger partial charge < -0.3 is 0 Å². The van der Waals surface area contributed by atoms with Crippen LogP contribution >= 0.6 is 23.4 Å². The van der Waals surface area contributed by atoms with E-state index in [1.54, 1.807) is 0 Å². The Balaban J connectivity index is 2.69. The van der Waals surface area contributed by atoms with Crippen molar-refractivity contribution in [3.63, 3.8) is 0 Å². The summed E-state index contributed by atoms with van der Waals surface area (Å²) in [6, 6.07) is 0.368. The van der Waals surface area contributed by atoms with Crippen molar-refractivity contribution < 1.29 is 0 Å². The summed E-state index contributed by atoms with van der Waals surface area (Å²) < 4.78 is 1.96. The molecule has 0 aliphatic heterocycles. The van der Waals surface area contributed by atoms with Gasteiger partial charge in [-0.3, -0.25) is 4.57 Å². The molecule has 0 N–H and O–H groups in total. The zero-order valence-electron chi connectivity index (χ0n) is 8.12. The van der Waals surface area contributed by atoms with Crippen LogP contribution in [0.3, 0.4) is 0 Å². The van der Waals surface area contributed by atoms with Crippen molar-refractivity contribution in [3.05, 3.63) is 11.1 Å². The van der Waals surface area contributed by atoms with Gasteiger partial charge in [-0.2, -0.15) is 11.8 Å². The SMILES string of the molecule is CCSCC(C)n1c(C)nnc1Cl. The average molecular weight is 220 g/mol. The summed E-state index contributed by atoms with van der Waals surface area (Å²) in [4.78, 5) is 0. The first-order valence-electron chi connectivity index (χ1n) is 4.31. The van der Waals surface area contributed by atoms with E-state index in [2.05, 4.69) is 24.0 Å². The number of thioether (sulfide) groups is 1. The van der Waals surface area contributed by atoms with Crippen LogP contribution < -0.4 is 0 Å². The first-order chi connectivity index (χ1) is 6.16. The number of aromatic nitrogens is 3. The van der Waals surface area contributed by atoms with Crippen LogP contribution in [0.15, 0.2) is 0 Å². The largest absolute Gasteiger partial charge is 0.298 e. The fourth-order valence-corrected chi connectivity index (χ4v) is 2.26. The van der Waals surface area contributed by atoms with Gasteiger partial charge in [-0.15, -0.1) is 10.2 Å². The summed E-state index contributed by atoms with van der Waals surface area (Å²) in [5.74, 6) is 3.06. The lowest BCUT2D eigenvalue weighted by Crippen LogP contribution is -2.10. The Hall–Kier alpha value is -0.220.